The van der Waals surface area contributed by atoms with Crippen LogP contribution in [0.4, 0.5) is 0 Å². The Bertz CT molecular complexity index is 495. The van der Waals surface area contributed by atoms with E-state index in [-0.39, 0.29) is 17.6 Å². The van der Waals surface area contributed by atoms with Crippen LogP contribution in [0.15, 0.2) is 0 Å². The number of likely N-dealkylation sites (tertiary alicyclic amines) is 1. The van der Waals surface area contributed by atoms with Gasteiger partial charge < -0.3 is 15.3 Å². The van der Waals surface area contributed by atoms with E-state index in [0.717, 1.165) is 25.7 Å². The number of Topliss-reactive ketones (excluding diaryl/α,β-unsaturated/α-hetero) is 1. The second-order valence-corrected chi connectivity index (χ2v) is 8.39. The summed E-state index contributed by atoms with van der Waals surface area (Å²) < 4.78 is 0. The van der Waals surface area contributed by atoms with E-state index in [9.17, 15) is 19.5 Å². The molecule has 6 nitrogen and oxygen atoms in total. The van der Waals surface area contributed by atoms with Gasteiger partial charge in [0.25, 0.3) is 0 Å². The third-order valence-corrected chi connectivity index (χ3v) is 5.83. The number of hydrogen-bond acceptors (Lipinski definition) is 4. The van der Waals surface area contributed by atoms with Gasteiger partial charge in [0.2, 0.25) is 11.8 Å². The molecule has 1 fully saturated rings. The maximum Gasteiger partial charge on any atom is 0.248 e. The first kappa shape index (κ1) is 25.6. The summed E-state index contributed by atoms with van der Waals surface area (Å²) in [6.07, 6.45) is 15.2. The number of amides is 2. The van der Waals surface area contributed by atoms with Crippen LogP contribution in [0.1, 0.15) is 104 Å². The molecule has 0 aromatic heterocycles. The van der Waals surface area contributed by atoms with E-state index in [2.05, 4.69) is 12.2 Å². The summed E-state index contributed by atoms with van der Waals surface area (Å²) in [6.45, 7) is 3.78. The van der Waals surface area contributed by atoms with E-state index < -0.39 is 18.7 Å². The summed E-state index contributed by atoms with van der Waals surface area (Å²) in [5.41, 5.74) is 0. The highest BCUT2D eigenvalue weighted by Crippen LogP contribution is 2.19. The summed E-state index contributed by atoms with van der Waals surface area (Å²) >= 11 is 0. The molecular formula is C23H42N2O4. The zero-order chi connectivity index (χ0) is 21.5. The number of hydrogen-bond donors (Lipinski definition) is 2. The van der Waals surface area contributed by atoms with Crippen molar-refractivity contribution in [3.8, 4) is 0 Å². The minimum absolute atomic E-state index is 0.0418. The fraction of sp³-hybridized carbons (Fsp3) is 0.870. The molecule has 168 valence electrons. The maximum atomic E-state index is 12.6. The number of carbonyl (C=O) groups is 3. The van der Waals surface area contributed by atoms with Crippen molar-refractivity contribution in [3.63, 3.8) is 0 Å². The van der Waals surface area contributed by atoms with Crippen LogP contribution < -0.4 is 5.32 Å². The van der Waals surface area contributed by atoms with Gasteiger partial charge in [-0.15, -0.1) is 0 Å². The van der Waals surface area contributed by atoms with Crippen LogP contribution in [0.3, 0.4) is 0 Å². The molecule has 0 aromatic rings. The predicted molar refractivity (Wildman–Crippen MR) is 116 cm³/mol. The van der Waals surface area contributed by atoms with E-state index in [4.69, 9.17) is 0 Å². The lowest BCUT2D eigenvalue weighted by atomic mass is 10.1. The number of aliphatic hydroxyl groups excluding tert-OH is 1. The number of nitrogens with one attached hydrogen (secondary N) is 1. The minimum atomic E-state index is -0.949. The van der Waals surface area contributed by atoms with E-state index in [1.165, 1.54) is 63.2 Å². The molecule has 1 aliphatic heterocycles. The topological polar surface area (TPSA) is 86.7 Å². The number of nitrogens with zero attached hydrogens (tertiary/aromatic N) is 1. The van der Waals surface area contributed by atoms with Crippen molar-refractivity contribution < 1.29 is 19.5 Å². The highest BCUT2D eigenvalue weighted by atomic mass is 16.3. The molecule has 0 radical (unpaired) electrons. The highest BCUT2D eigenvalue weighted by molar-refractivity contribution is 5.92. The Morgan fingerprint density at radius 1 is 0.966 bits per heavy atom. The summed E-state index contributed by atoms with van der Waals surface area (Å²) in [5, 5.41) is 12.2. The lowest BCUT2D eigenvalue weighted by molar-refractivity contribution is -0.141. The molecule has 2 amide bonds. The molecule has 0 spiro atoms. The Labute approximate surface area is 176 Å². The van der Waals surface area contributed by atoms with Crippen LogP contribution in [0.2, 0.25) is 0 Å². The Kier molecular flexibility index (Phi) is 13.6. The van der Waals surface area contributed by atoms with Gasteiger partial charge in [0.1, 0.15) is 6.04 Å². The van der Waals surface area contributed by atoms with E-state index in [1.54, 1.807) is 0 Å². The molecule has 1 saturated heterocycles. The maximum absolute atomic E-state index is 12.6. The Morgan fingerprint density at radius 2 is 1.52 bits per heavy atom. The van der Waals surface area contributed by atoms with Crippen LogP contribution >= 0.6 is 0 Å². The number of unbranched alkanes of at least 4 members (excludes halogenated alkanes) is 10. The second kappa shape index (κ2) is 15.4. The zero-order valence-corrected chi connectivity index (χ0v) is 18.6. The normalized spacial score (nSPS) is 17.3. The van der Waals surface area contributed by atoms with E-state index in [1.807, 2.05) is 0 Å². The van der Waals surface area contributed by atoms with Crippen LogP contribution in [-0.4, -0.2) is 52.8 Å². The lowest BCUT2D eigenvalue weighted by Gasteiger charge is -2.27. The minimum Gasteiger partial charge on any atom is -0.394 e. The van der Waals surface area contributed by atoms with Crippen LogP contribution in [0.25, 0.3) is 0 Å². The summed E-state index contributed by atoms with van der Waals surface area (Å²) in [4.78, 5) is 37.9. The van der Waals surface area contributed by atoms with Crippen molar-refractivity contribution in [2.75, 3.05) is 13.2 Å². The number of aliphatic hydroxyl groups is 1. The molecular weight excluding hydrogens is 368 g/mol. The van der Waals surface area contributed by atoms with Gasteiger partial charge in [-0.25, -0.2) is 0 Å². The van der Waals surface area contributed by atoms with Gasteiger partial charge in [0, 0.05) is 13.0 Å². The SMILES string of the molecule is CCCCCCCCCCCCCC(=O)N[C@@H](CO)C(=O)N1CCCC1C(C)=O. The Hall–Kier alpha value is -1.43. The van der Waals surface area contributed by atoms with Gasteiger partial charge >= 0.3 is 0 Å². The third-order valence-electron chi connectivity index (χ3n) is 5.83. The second-order valence-electron chi connectivity index (χ2n) is 8.39. The van der Waals surface area contributed by atoms with Crippen molar-refractivity contribution in [2.45, 2.75) is 116 Å². The van der Waals surface area contributed by atoms with Crippen molar-refractivity contribution in [3.05, 3.63) is 0 Å². The zero-order valence-electron chi connectivity index (χ0n) is 18.6. The smallest absolute Gasteiger partial charge is 0.248 e. The Morgan fingerprint density at radius 3 is 2.03 bits per heavy atom. The number of carbonyl (C=O) groups excluding carboxylic acids is 3. The van der Waals surface area contributed by atoms with Crippen molar-refractivity contribution >= 4 is 17.6 Å². The van der Waals surface area contributed by atoms with Gasteiger partial charge in [-0.1, -0.05) is 71.1 Å². The highest BCUT2D eigenvalue weighted by Gasteiger charge is 2.35. The first-order valence-electron chi connectivity index (χ1n) is 11.7. The fourth-order valence-electron chi connectivity index (χ4n) is 4.06. The molecule has 0 saturated carbocycles. The van der Waals surface area contributed by atoms with Gasteiger partial charge in [0.05, 0.1) is 12.6 Å². The Balaban J connectivity index is 2.15. The molecule has 2 N–H and O–H groups in total. The number of ketones is 1. The van der Waals surface area contributed by atoms with Crippen molar-refractivity contribution in [1.82, 2.24) is 10.2 Å². The molecule has 6 heteroatoms. The molecule has 1 rings (SSSR count). The average Bonchev–Trinajstić information content (AvgIpc) is 3.20. The summed E-state index contributed by atoms with van der Waals surface area (Å²) in [6, 6.07) is -1.37. The van der Waals surface area contributed by atoms with Crippen molar-refractivity contribution in [1.29, 1.82) is 0 Å². The third kappa shape index (κ3) is 10.2. The van der Waals surface area contributed by atoms with Gasteiger partial charge in [-0.3, -0.25) is 14.4 Å². The standard InChI is InChI=1S/C23H42N2O4/c1-3-4-5-6-7-8-9-10-11-12-13-16-22(28)24-20(18-26)23(29)25-17-14-15-21(25)19(2)27/h20-21,26H,3-18H2,1-2H3,(H,24,28)/t20-,21?/m0/s1. The molecule has 0 aromatic carbocycles. The van der Waals surface area contributed by atoms with Crippen LogP contribution in [0.5, 0.6) is 0 Å². The van der Waals surface area contributed by atoms with E-state index in [0.29, 0.717) is 19.4 Å². The monoisotopic (exact) mass is 410 g/mol. The van der Waals surface area contributed by atoms with Crippen LogP contribution in [-0.2, 0) is 14.4 Å². The molecule has 2 atom stereocenters. The van der Waals surface area contributed by atoms with Gasteiger partial charge in [-0.05, 0) is 26.2 Å². The predicted octanol–water partition coefficient (Wildman–Crippen LogP) is 3.74. The fourth-order valence-corrected chi connectivity index (χ4v) is 4.06. The number of rotatable bonds is 16. The quantitative estimate of drug-likeness (QED) is 0.380. The first-order valence-corrected chi connectivity index (χ1v) is 11.7. The molecule has 0 bridgehead atoms. The largest absolute Gasteiger partial charge is 0.394 e. The average molecular weight is 411 g/mol. The molecule has 0 aliphatic carbocycles. The first-order chi connectivity index (χ1) is 14.0. The van der Waals surface area contributed by atoms with Crippen LogP contribution in [0, 0.1) is 0 Å². The molecule has 1 heterocycles. The summed E-state index contributed by atoms with van der Waals surface area (Å²) in [5.74, 6) is -0.593. The van der Waals surface area contributed by atoms with E-state index >= 15 is 0 Å². The summed E-state index contributed by atoms with van der Waals surface area (Å²) in [7, 11) is 0. The molecule has 1 unspecified atom stereocenters. The van der Waals surface area contributed by atoms with Crippen molar-refractivity contribution in [2.24, 2.45) is 0 Å². The van der Waals surface area contributed by atoms with Gasteiger partial charge in [0.15, 0.2) is 5.78 Å². The molecule has 29 heavy (non-hydrogen) atoms. The van der Waals surface area contributed by atoms with Gasteiger partial charge in [-0.2, -0.15) is 0 Å². The molecule has 1 aliphatic rings. The lowest BCUT2D eigenvalue weighted by Crippen LogP contribution is -2.53.